The molecule has 0 unspecified atom stereocenters. The second-order valence-corrected chi connectivity index (χ2v) is 12.9. The van der Waals surface area contributed by atoms with E-state index in [2.05, 4.69) is 6.58 Å². The Labute approximate surface area is 295 Å². The number of benzene rings is 4. The van der Waals surface area contributed by atoms with Gasteiger partial charge in [-0.3, -0.25) is 19.2 Å². The van der Waals surface area contributed by atoms with Gasteiger partial charge in [0.05, 0.1) is 18.5 Å². The summed E-state index contributed by atoms with van der Waals surface area (Å²) in [5.74, 6) is -0.237. The summed E-state index contributed by atoms with van der Waals surface area (Å²) < 4.78 is 6.37. The molecule has 10 nitrogen and oxygen atoms in total. The standard InChI is InChI=1S/C41H38N4O6/c1-2-22-43-27-39(49)44-34(23-29-16-19-32(46)20-17-29)41(50)42(26-37(44)45(43)38(48)21-18-28-10-5-3-6-11-28)25-31-14-9-15-33-35(47)24-36(51-40(31)33)30-12-7-4-8-13-30/h2-17,19-20,24,34,37,46H,1,18,21-23,25-27H2/t34-,37-/m0/s1. The third kappa shape index (κ3) is 6.91. The highest BCUT2D eigenvalue weighted by molar-refractivity contribution is 5.92. The maximum absolute atomic E-state index is 14.5. The number of hydrazine groups is 1. The average molecular weight is 683 g/mol. The minimum absolute atomic E-state index is 0.0420. The number of phenols is 1. The molecule has 7 rings (SSSR count). The molecule has 2 atom stereocenters. The number of hydrogen-bond acceptors (Lipinski definition) is 7. The molecule has 0 radical (unpaired) electrons. The minimum Gasteiger partial charge on any atom is -0.508 e. The number of rotatable bonds is 10. The molecule has 0 spiro atoms. The van der Waals surface area contributed by atoms with Gasteiger partial charge in [-0.05, 0) is 35.7 Å². The van der Waals surface area contributed by atoms with Crippen LogP contribution in [-0.4, -0.2) is 74.5 Å². The number of amides is 3. The van der Waals surface area contributed by atoms with E-state index in [1.165, 1.54) is 6.07 Å². The van der Waals surface area contributed by atoms with E-state index < -0.39 is 12.2 Å². The van der Waals surface area contributed by atoms with E-state index >= 15 is 0 Å². The predicted molar refractivity (Wildman–Crippen MR) is 193 cm³/mol. The van der Waals surface area contributed by atoms with Crippen LogP contribution in [0.5, 0.6) is 5.75 Å². The summed E-state index contributed by atoms with van der Waals surface area (Å²) in [7, 11) is 0. The summed E-state index contributed by atoms with van der Waals surface area (Å²) in [6.45, 7) is 4.17. The van der Waals surface area contributed by atoms with Crippen molar-refractivity contribution >= 4 is 28.7 Å². The zero-order valence-corrected chi connectivity index (χ0v) is 28.1. The lowest BCUT2D eigenvalue weighted by molar-refractivity contribution is -0.205. The highest BCUT2D eigenvalue weighted by atomic mass is 16.3. The Bertz CT molecular complexity index is 2130. The molecule has 2 saturated heterocycles. The molecule has 3 heterocycles. The number of fused-ring (bicyclic) bond motifs is 2. The molecule has 258 valence electrons. The van der Waals surface area contributed by atoms with Crippen molar-refractivity contribution in [2.75, 3.05) is 19.6 Å². The Kier molecular flexibility index (Phi) is 9.50. The van der Waals surface area contributed by atoms with Crippen molar-refractivity contribution in [1.29, 1.82) is 0 Å². The lowest BCUT2D eigenvalue weighted by Gasteiger charge is -2.55. The van der Waals surface area contributed by atoms with Gasteiger partial charge < -0.3 is 19.3 Å². The molecule has 2 fully saturated rings. The third-order valence-electron chi connectivity index (χ3n) is 9.52. The Morgan fingerprint density at radius 1 is 0.882 bits per heavy atom. The SMILES string of the molecule is C=CCN1CC(=O)N2[C@@H](Cc3ccc(O)cc3)C(=O)N(Cc3cccc4c(=O)cc(-c5ccccc5)oc34)C[C@@H]2N1C(=O)CCc1ccccc1. The monoisotopic (exact) mass is 682 g/mol. The van der Waals surface area contributed by atoms with E-state index in [0.29, 0.717) is 28.7 Å². The summed E-state index contributed by atoms with van der Waals surface area (Å²) in [5, 5.41) is 13.7. The van der Waals surface area contributed by atoms with Gasteiger partial charge in [0.2, 0.25) is 17.7 Å². The molecule has 0 saturated carbocycles. The maximum Gasteiger partial charge on any atom is 0.246 e. The summed E-state index contributed by atoms with van der Waals surface area (Å²) in [5.41, 5.74) is 3.31. The fourth-order valence-electron chi connectivity index (χ4n) is 7.08. The third-order valence-corrected chi connectivity index (χ3v) is 9.52. The molecular weight excluding hydrogens is 644 g/mol. The van der Waals surface area contributed by atoms with Gasteiger partial charge in [-0.2, -0.15) is 0 Å². The fraction of sp³-hybridized carbons (Fsp3) is 0.220. The molecular formula is C41H38N4O6. The number of para-hydroxylation sites is 1. The van der Waals surface area contributed by atoms with Gasteiger partial charge in [0.15, 0.2) is 5.43 Å². The van der Waals surface area contributed by atoms with Crippen LogP contribution < -0.4 is 5.43 Å². The van der Waals surface area contributed by atoms with Crippen molar-refractivity contribution in [3.63, 3.8) is 0 Å². The molecule has 0 bridgehead atoms. The van der Waals surface area contributed by atoms with E-state index in [0.717, 1.165) is 16.7 Å². The predicted octanol–water partition coefficient (Wildman–Crippen LogP) is 5.15. The molecule has 10 heteroatoms. The molecule has 1 N–H and O–H groups in total. The molecule has 51 heavy (non-hydrogen) atoms. The number of nitrogens with zero attached hydrogens (tertiary/aromatic N) is 4. The van der Waals surface area contributed by atoms with Crippen LogP contribution in [0.4, 0.5) is 0 Å². The van der Waals surface area contributed by atoms with Crippen LogP contribution in [0.3, 0.4) is 0 Å². The zero-order valence-electron chi connectivity index (χ0n) is 28.1. The van der Waals surface area contributed by atoms with Crippen LogP contribution in [0.25, 0.3) is 22.3 Å². The Morgan fingerprint density at radius 3 is 2.33 bits per heavy atom. The second kappa shape index (κ2) is 14.5. The van der Waals surface area contributed by atoms with Crippen LogP contribution in [-0.2, 0) is 33.8 Å². The minimum atomic E-state index is -0.932. The van der Waals surface area contributed by atoms with E-state index in [-0.39, 0.29) is 67.9 Å². The molecule has 0 aliphatic carbocycles. The second-order valence-electron chi connectivity index (χ2n) is 12.9. The first-order valence-corrected chi connectivity index (χ1v) is 17.0. The Morgan fingerprint density at radius 2 is 1.61 bits per heavy atom. The van der Waals surface area contributed by atoms with Crippen molar-refractivity contribution < 1.29 is 23.9 Å². The molecule has 2 aliphatic rings. The number of piperazine rings is 1. The quantitative estimate of drug-likeness (QED) is 0.203. The first-order chi connectivity index (χ1) is 24.8. The van der Waals surface area contributed by atoms with Gasteiger partial charge in [-0.25, -0.2) is 10.0 Å². The Balaban J connectivity index is 1.28. The summed E-state index contributed by atoms with van der Waals surface area (Å²) >= 11 is 0. The van der Waals surface area contributed by atoms with Crippen LogP contribution in [0.1, 0.15) is 23.1 Å². The van der Waals surface area contributed by atoms with E-state index in [1.54, 1.807) is 62.3 Å². The van der Waals surface area contributed by atoms with Crippen molar-refractivity contribution in [3.05, 3.63) is 149 Å². The van der Waals surface area contributed by atoms with Crippen molar-refractivity contribution in [1.82, 2.24) is 19.8 Å². The van der Waals surface area contributed by atoms with Crippen molar-refractivity contribution in [2.24, 2.45) is 0 Å². The lowest BCUT2D eigenvalue weighted by Crippen LogP contribution is -2.75. The first-order valence-electron chi connectivity index (χ1n) is 17.0. The van der Waals surface area contributed by atoms with Crippen LogP contribution >= 0.6 is 0 Å². The normalized spacial score (nSPS) is 17.8. The van der Waals surface area contributed by atoms with Crippen LogP contribution in [0.2, 0.25) is 0 Å². The number of aromatic hydroxyl groups is 1. The molecule has 4 aromatic carbocycles. The van der Waals surface area contributed by atoms with Crippen molar-refractivity contribution in [3.8, 4) is 17.1 Å². The fourth-order valence-corrected chi connectivity index (χ4v) is 7.08. The molecule has 5 aromatic rings. The van der Waals surface area contributed by atoms with Gasteiger partial charge in [0.25, 0.3) is 0 Å². The van der Waals surface area contributed by atoms with Gasteiger partial charge in [-0.1, -0.05) is 91.0 Å². The lowest BCUT2D eigenvalue weighted by atomic mass is 9.97. The van der Waals surface area contributed by atoms with Gasteiger partial charge in [-0.15, -0.1) is 6.58 Å². The number of aryl methyl sites for hydroxylation is 1. The largest absolute Gasteiger partial charge is 0.508 e. The highest BCUT2D eigenvalue weighted by Gasteiger charge is 2.51. The van der Waals surface area contributed by atoms with E-state index in [9.17, 15) is 24.3 Å². The molecule has 3 amide bonds. The molecule has 1 aromatic heterocycles. The number of carbonyl (C=O) groups excluding carboxylic acids is 3. The van der Waals surface area contributed by atoms with Gasteiger partial charge in [0, 0.05) is 43.1 Å². The summed E-state index contributed by atoms with van der Waals surface area (Å²) in [6.07, 6.45) is 1.74. The Hall–Kier alpha value is -6.00. The van der Waals surface area contributed by atoms with Gasteiger partial charge >= 0.3 is 0 Å². The number of hydrogen-bond donors (Lipinski definition) is 1. The van der Waals surface area contributed by atoms with Gasteiger partial charge in [0.1, 0.15) is 29.3 Å². The van der Waals surface area contributed by atoms with Crippen LogP contribution in [0.15, 0.2) is 131 Å². The van der Waals surface area contributed by atoms with Crippen LogP contribution in [0, 0.1) is 0 Å². The maximum atomic E-state index is 14.5. The number of carbonyl (C=O) groups is 3. The summed E-state index contributed by atoms with van der Waals surface area (Å²) in [4.78, 5) is 59.2. The number of phenolic OH excluding ortho intramolecular Hbond substituents is 1. The molecule has 2 aliphatic heterocycles. The average Bonchev–Trinajstić information content (AvgIpc) is 3.14. The zero-order chi connectivity index (χ0) is 35.5. The van der Waals surface area contributed by atoms with Crippen molar-refractivity contribution in [2.45, 2.75) is 38.0 Å². The summed E-state index contributed by atoms with van der Waals surface area (Å²) in [6, 6.07) is 31.5. The highest BCUT2D eigenvalue weighted by Crippen LogP contribution is 2.32. The first kappa shape index (κ1) is 33.5. The van der Waals surface area contributed by atoms with E-state index in [1.807, 2.05) is 66.7 Å². The van der Waals surface area contributed by atoms with E-state index in [4.69, 9.17) is 4.42 Å². The smallest absolute Gasteiger partial charge is 0.246 e. The topological polar surface area (TPSA) is 115 Å².